The smallest absolute Gasteiger partial charge is 0.229 e. The molecular formula is C10H20N2OS. The zero-order valence-electron chi connectivity index (χ0n) is 9.25. The Kier molecular flexibility index (Phi) is 3.84. The van der Waals surface area contributed by atoms with Crippen LogP contribution in [0, 0.1) is 5.41 Å². The molecule has 1 heterocycles. The third-order valence-corrected chi connectivity index (χ3v) is 3.91. The SMILES string of the molecule is CC1CSCCN1C(=O)C(C)(C)CN. The standard InChI is InChI=1S/C10H20N2OS/c1-8-6-14-5-4-12(8)9(13)10(2,3)7-11/h8H,4-7,11H2,1-3H3. The molecule has 14 heavy (non-hydrogen) atoms. The topological polar surface area (TPSA) is 46.3 Å². The summed E-state index contributed by atoms with van der Waals surface area (Å²) in [5.74, 6) is 2.30. The van der Waals surface area contributed by atoms with Crippen LogP contribution in [0.15, 0.2) is 0 Å². The minimum absolute atomic E-state index is 0.202. The zero-order chi connectivity index (χ0) is 10.8. The van der Waals surface area contributed by atoms with Gasteiger partial charge in [-0.2, -0.15) is 11.8 Å². The van der Waals surface area contributed by atoms with E-state index in [1.165, 1.54) is 0 Å². The van der Waals surface area contributed by atoms with E-state index in [4.69, 9.17) is 5.73 Å². The van der Waals surface area contributed by atoms with Crippen molar-refractivity contribution < 1.29 is 4.79 Å². The van der Waals surface area contributed by atoms with Gasteiger partial charge in [0.25, 0.3) is 0 Å². The molecule has 1 amide bonds. The van der Waals surface area contributed by atoms with Gasteiger partial charge in [-0.3, -0.25) is 4.79 Å². The molecule has 1 aliphatic heterocycles. The Bertz CT molecular complexity index is 218. The Morgan fingerprint density at radius 2 is 2.29 bits per heavy atom. The second kappa shape index (κ2) is 4.53. The molecule has 0 bridgehead atoms. The summed E-state index contributed by atoms with van der Waals surface area (Å²) >= 11 is 1.92. The molecule has 4 heteroatoms. The van der Waals surface area contributed by atoms with E-state index in [-0.39, 0.29) is 5.91 Å². The molecule has 3 nitrogen and oxygen atoms in total. The summed E-state index contributed by atoms with van der Waals surface area (Å²) in [6.45, 7) is 7.24. The van der Waals surface area contributed by atoms with E-state index < -0.39 is 5.41 Å². The van der Waals surface area contributed by atoms with Crippen LogP contribution in [0.25, 0.3) is 0 Å². The third kappa shape index (κ3) is 2.42. The first-order chi connectivity index (χ1) is 6.49. The molecular weight excluding hydrogens is 196 g/mol. The van der Waals surface area contributed by atoms with E-state index in [1.54, 1.807) is 0 Å². The van der Waals surface area contributed by atoms with Crippen LogP contribution in [-0.4, -0.2) is 41.4 Å². The van der Waals surface area contributed by atoms with Crippen molar-refractivity contribution in [3.8, 4) is 0 Å². The van der Waals surface area contributed by atoms with Gasteiger partial charge in [-0.15, -0.1) is 0 Å². The van der Waals surface area contributed by atoms with Gasteiger partial charge in [0.15, 0.2) is 0 Å². The average molecular weight is 216 g/mol. The summed E-state index contributed by atoms with van der Waals surface area (Å²) in [6, 6.07) is 0.354. The van der Waals surface area contributed by atoms with Crippen molar-refractivity contribution in [2.45, 2.75) is 26.8 Å². The highest BCUT2D eigenvalue weighted by molar-refractivity contribution is 7.99. The van der Waals surface area contributed by atoms with Crippen molar-refractivity contribution in [1.29, 1.82) is 0 Å². The zero-order valence-corrected chi connectivity index (χ0v) is 10.1. The Hall–Kier alpha value is -0.220. The quantitative estimate of drug-likeness (QED) is 0.747. The summed E-state index contributed by atoms with van der Waals surface area (Å²) < 4.78 is 0. The fraction of sp³-hybridized carbons (Fsp3) is 0.900. The first-order valence-electron chi connectivity index (χ1n) is 5.08. The van der Waals surface area contributed by atoms with Crippen LogP contribution < -0.4 is 5.73 Å². The molecule has 1 saturated heterocycles. The molecule has 0 aromatic rings. The van der Waals surface area contributed by atoms with Crippen molar-refractivity contribution in [1.82, 2.24) is 4.90 Å². The lowest BCUT2D eigenvalue weighted by molar-refractivity contribution is -0.141. The fourth-order valence-corrected chi connectivity index (χ4v) is 2.52. The van der Waals surface area contributed by atoms with Crippen LogP contribution in [-0.2, 0) is 4.79 Å². The molecule has 0 saturated carbocycles. The predicted molar refractivity (Wildman–Crippen MR) is 61.3 cm³/mol. The normalized spacial score (nSPS) is 23.7. The molecule has 0 aromatic carbocycles. The highest BCUT2D eigenvalue weighted by Gasteiger charge is 2.34. The molecule has 0 radical (unpaired) electrons. The number of amides is 1. The van der Waals surface area contributed by atoms with Gasteiger partial charge < -0.3 is 10.6 Å². The van der Waals surface area contributed by atoms with E-state index >= 15 is 0 Å². The van der Waals surface area contributed by atoms with E-state index in [0.29, 0.717) is 12.6 Å². The van der Waals surface area contributed by atoms with Crippen LogP contribution in [0.5, 0.6) is 0 Å². The van der Waals surface area contributed by atoms with Gasteiger partial charge in [-0.1, -0.05) is 0 Å². The van der Waals surface area contributed by atoms with E-state index in [1.807, 2.05) is 30.5 Å². The van der Waals surface area contributed by atoms with Gasteiger partial charge in [0, 0.05) is 30.6 Å². The number of rotatable bonds is 2. The second-order valence-electron chi connectivity index (χ2n) is 4.51. The summed E-state index contributed by atoms with van der Waals surface area (Å²) in [7, 11) is 0. The summed E-state index contributed by atoms with van der Waals surface area (Å²) in [4.78, 5) is 14.1. The number of thioether (sulfide) groups is 1. The van der Waals surface area contributed by atoms with E-state index in [0.717, 1.165) is 18.1 Å². The van der Waals surface area contributed by atoms with Crippen molar-refractivity contribution in [2.75, 3.05) is 24.6 Å². The molecule has 0 aromatic heterocycles. The lowest BCUT2D eigenvalue weighted by atomic mass is 9.91. The van der Waals surface area contributed by atoms with Crippen molar-refractivity contribution in [3.63, 3.8) is 0 Å². The van der Waals surface area contributed by atoms with Gasteiger partial charge >= 0.3 is 0 Å². The summed E-state index contributed by atoms with van der Waals surface area (Å²) in [5.41, 5.74) is 5.20. The molecule has 82 valence electrons. The van der Waals surface area contributed by atoms with Gasteiger partial charge in [-0.25, -0.2) is 0 Å². The average Bonchev–Trinajstić information content (AvgIpc) is 2.17. The van der Waals surface area contributed by atoms with Gasteiger partial charge in [0.2, 0.25) is 5.91 Å². The maximum absolute atomic E-state index is 12.1. The minimum Gasteiger partial charge on any atom is -0.338 e. The Morgan fingerprint density at radius 3 is 2.79 bits per heavy atom. The maximum atomic E-state index is 12.1. The highest BCUT2D eigenvalue weighted by atomic mass is 32.2. The van der Waals surface area contributed by atoms with Gasteiger partial charge in [-0.05, 0) is 20.8 Å². The number of nitrogens with zero attached hydrogens (tertiary/aromatic N) is 1. The predicted octanol–water partition coefficient (Wildman–Crippen LogP) is 0.935. The van der Waals surface area contributed by atoms with Gasteiger partial charge in [0.1, 0.15) is 0 Å². The van der Waals surface area contributed by atoms with Crippen LogP contribution >= 0.6 is 11.8 Å². The summed E-state index contributed by atoms with van der Waals surface area (Å²) in [6.07, 6.45) is 0. The molecule has 1 fully saturated rings. The third-order valence-electron chi connectivity index (χ3n) is 2.72. The minimum atomic E-state index is -0.406. The lowest BCUT2D eigenvalue weighted by Gasteiger charge is -2.38. The Labute approximate surface area is 90.4 Å². The number of hydrogen-bond donors (Lipinski definition) is 1. The molecule has 1 unspecified atom stereocenters. The fourth-order valence-electron chi connectivity index (χ4n) is 1.50. The molecule has 1 atom stereocenters. The highest BCUT2D eigenvalue weighted by Crippen LogP contribution is 2.23. The maximum Gasteiger partial charge on any atom is 0.229 e. The molecule has 1 aliphatic rings. The first-order valence-corrected chi connectivity index (χ1v) is 6.23. The first kappa shape index (κ1) is 11.9. The van der Waals surface area contributed by atoms with E-state index in [2.05, 4.69) is 6.92 Å². The largest absolute Gasteiger partial charge is 0.338 e. The summed E-state index contributed by atoms with van der Waals surface area (Å²) in [5, 5.41) is 0. The lowest BCUT2D eigenvalue weighted by Crippen LogP contribution is -2.51. The second-order valence-corrected chi connectivity index (χ2v) is 5.66. The number of hydrogen-bond acceptors (Lipinski definition) is 3. The number of carbonyl (C=O) groups excluding carboxylic acids is 1. The van der Waals surface area contributed by atoms with Crippen LogP contribution in [0.3, 0.4) is 0 Å². The van der Waals surface area contributed by atoms with Gasteiger partial charge in [0.05, 0.1) is 5.41 Å². The van der Waals surface area contributed by atoms with Crippen LogP contribution in [0.1, 0.15) is 20.8 Å². The molecule has 2 N–H and O–H groups in total. The number of nitrogens with two attached hydrogens (primary N) is 1. The van der Waals surface area contributed by atoms with E-state index in [9.17, 15) is 4.79 Å². The van der Waals surface area contributed by atoms with Crippen LogP contribution in [0.4, 0.5) is 0 Å². The molecule has 0 spiro atoms. The van der Waals surface area contributed by atoms with Crippen molar-refractivity contribution in [2.24, 2.45) is 11.1 Å². The van der Waals surface area contributed by atoms with Crippen molar-refractivity contribution >= 4 is 17.7 Å². The number of carbonyl (C=O) groups is 1. The molecule has 1 rings (SSSR count). The van der Waals surface area contributed by atoms with Crippen molar-refractivity contribution in [3.05, 3.63) is 0 Å². The monoisotopic (exact) mass is 216 g/mol. The van der Waals surface area contributed by atoms with Crippen LogP contribution in [0.2, 0.25) is 0 Å². The molecule has 0 aliphatic carbocycles. The Balaban J connectivity index is 2.67. The Morgan fingerprint density at radius 1 is 1.64 bits per heavy atom.